The third-order valence-electron chi connectivity index (χ3n) is 2.32. The summed E-state index contributed by atoms with van der Waals surface area (Å²) in [6.07, 6.45) is -0.0442. The van der Waals surface area contributed by atoms with Crippen LogP contribution in [-0.4, -0.2) is 43.9 Å². The van der Waals surface area contributed by atoms with Crippen molar-refractivity contribution >= 4 is 5.91 Å². The molecule has 0 aromatic rings. The average molecular weight is 232 g/mol. The van der Waals surface area contributed by atoms with E-state index in [9.17, 15) is 4.79 Å². The molecule has 0 saturated heterocycles. The zero-order chi connectivity index (χ0) is 12.6. The highest BCUT2D eigenvalue weighted by Gasteiger charge is 2.30. The number of nitrogens with two attached hydrogens (primary N) is 1. The second kappa shape index (κ2) is 7.60. The molecule has 0 saturated carbocycles. The first-order valence-electron chi connectivity index (χ1n) is 5.70. The van der Waals surface area contributed by atoms with Crippen LogP contribution in [0.1, 0.15) is 27.7 Å². The highest BCUT2D eigenvalue weighted by molar-refractivity contribution is 5.84. The molecule has 0 heterocycles. The van der Waals surface area contributed by atoms with Crippen LogP contribution in [0.4, 0.5) is 0 Å². The van der Waals surface area contributed by atoms with E-state index < -0.39 is 11.4 Å². The predicted molar refractivity (Wildman–Crippen MR) is 63.2 cm³/mol. The van der Waals surface area contributed by atoms with Gasteiger partial charge in [0.25, 0.3) is 0 Å². The molecule has 0 spiro atoms. The van der Waals surface area contributed by atoms with Gasteiger partial charge in [-0.25, -0.2) is 0 Å². The van der Waals surface area contributed by atoms with Crippen LogP contribution < -0.4 is 11.1 Å². The van der Waals surface area contributed by atoms with Gasteiger partial charge in [-0.1, -0.05) is 6.92 Å². The molecular weight excluding hydrogens is 208 g/mol. The maximum Gasteiger partial charge on any atom is 0.239 e. The molecule has 0 radical (unpaired) electrons. The Morgan fingerprint density at radius 2 is 2.12 bits per heavy atom. The number of ether oxygens (including phenoxy) is 2. The Kier molecular flexibility index (Phi) is 7.29. The van der Waals surface area contributed by atoms with E-state index in [0.717, 1.165) is 0 Å². The van der Waals surface area contributed by atoms with E-state index in [2.05, 4.69) is 5.32 Å². The van der Waals surface area contributed by atoms with Crippen molar-refractivity contribution in [1.82, 2.24) is 5.32 Å². The van der Waals surface area contributed by atoms with Gasteiger partial charge in [0.05, 0.1) is 19.3 Å². The molecular formula is C11H24N2O3. The highest BCUT2D eigenvalue weighted by atomic mass is 16.5. The lowest BCUT2D eigenvalue weighted by Crippen LogP contribution is -2.56. The second-order valence-electron chi connectivity index (χ2n) is 4.01. The third-order valence-corrected chi connectivity index (χ3v) is 2.32. The van der Waals surface area contributed by atoms with Gasteiger partial charge in [-0.3, -0.25) is 4.79 Å². The van der Waals surface area contributed by atoms with Crippen LogP contribution in [0.3, 0.4) is 0 Å². The number of primary amides is 1. The molecule has 0 aromatic carbocycles. The molecule has 0 rings (SSSR count). The number of hydrogen-bond acceptors (Lipinski definition) is 4. The van der Waals surface area contributed by atoms with E-state index in [4.69, 9.17) is 15.2 Å². The lowest BCUT2D eigenvalue weighted by molar-refractivity contribution is -0.128. The first kappa shape index (κ1) is 15.3. The highest BCUT2D eigenvalue weighted by Crippen LogP contribution is 2.06. The van der Waals surface area contributed by atoms with E-state index in [1.54, 1.807) is 6.92 Å². The van der Waals surface area contributed by atoms with Gasteiger partial charge in [0.1, 0.15) is 5.54 Å². The molecule has 2 unspecified atom stereocenters. The molecule has 0 aliphatic carbocycles. The summed E-state index contributed by atoms with van der Waals surface area (Å²) in [5, 5.41) is 3.03. The van der Waals surface area contributed by atoms with Gasteiger partial charge in [-0.15, -0.1) is 0 Å². The molecule has 1 amide bonds. The van der Waals surface area contributed by atoms with Crippen molar-refractivity contribution in [3.05, 3.63) is 0 Å². The van der Waals surface area contributed by atoms with Crippen molar-refractivity contribution in [3.8, 4) is 0 Å². The van der Waals surface area contributed by atoms with Crippen molar-refractivity contribution in [3.63, 3.8) is 0 Å². The molecule has 2 atom stereocenters. The Hall–Kier alpha value is -0.650. The predicted octanol–water partition coefficient (Wildman–Crippen LogP) is 0.282. The zero-order valence-electron chi connectivity index (χ0n) is 10.7. The summed E-state index contributed by atoms with van der Waals surface area (Å²) in [6, 6.07) is 0. The van der Waals surface area contributed by atoms with Gasteiger partial charge in [0.2, 0.25) is 5.91 Å². The number of carbonyl (C=O) groups excluding carboxylic acids is 1. The topological polar surface area (TPSA) is 73.6 Å². The molecule has 16 heavy (non-hydrogen) atoms. The normalized spacial score (nSPS) is 16.8. The lowest BCUT2D eigenvalue weighted by atomic mass is 10.0. The van der Waals surface area contributed by atoms with Crippen molar-refractivity contribution in [2.24, 2.45) is 5.73 Å². The first-order valence-corrected chi connectivity index (χ1v) is 5.70. The van der Waals surface area contributed by atoms with E-state index in [0.29, 0.717) is 19.8 Å². The Morgan fingerprint density at radius 1 is 1.50 bits per heavy atom. The zero-order valence-corrected chi connectivity index (χ0v) is 10.7. The monoisotopic (exact) mass is 232 g/mol. The number of rotatable bonds is 9. The quantitative estimate of drug-likeness (QED) is 0.599. The third kappa shape index (κ3) is 5.44. The van der Waals surface area contributed by atoms with Gasteiger partial charge >= 0.3 is 0 Å². The Labute approximate surface area is 97.7 Å². The van der Waals surface area contributed by atoms with Crippen LogP contribution in [0.5, 0.6) is 0 Å². The molecule has 0 aliphatic heterocycles. The second-order valence-corrected chi connectivity index (χ2v) is 4.01. The maximum absolute atomic E-state index is 11.3. The molecule has 0 aliphatic rings. The van der Waals surface area contributed by atoms with E-state index >= 15 is 0 Å². The van der Waals surface area contributed by atoms with Crippen molar-refractivity contribution in [2.75, 3.05) is 26.4 Å². The summed E-state index contributed by atoms with van der Waals surface area (Å²) in [6.45, 7) is 9.61. The number of likely N-dealkylation sites (N-methyl/N-ethyl adjacent to an activating group) is 1. The Bertz CT molecular complexity index is 211. The Morgan fingerprint density at radius 3 is 2.56 bits per heavy atom. The molecule has 3 N–H and O–H groups in total. The minimum Gasteiger partial charge on any atom is -0.379 e. The molecule has 0 fully saturated rings. The van der Waals surface area contributed by atoms with Gasteiger partial charge in [-0.2, -0.15) is 0 Å². The fourth-order valence-corrected chi connectivity index (χ4v) is 1.24. The van der Waals surface area contributed by atoms with Crippen LogP contribution in [0.2, 0.25) is 0 Å². The molecule has 96 valence electrons. The maximum atomic E-state index is 11.3. The summed E-state index contributed by atoms with van der Waals surface area (Å²) < 4.78 is 10.8. The largest absolute Gasteiger partial charge is 0.379 e. The smallest absolute Gasteiger partial charge is 0.239 e. The standard InChI is InChI=1S/C11H24N2O3/c1-5-13-11(4,10(12)14)8-16-9(3)7-15-6-2/h9,13H,5-8H2,1-4H3,(H2,12,14). The number of amides is 1. The molecule has 0 bridgehead atoms. The average Bonchev–Trinajstić information content (AvgIpc) is 2.23. The molecule has 0 aromatic heterocycles. The summed E-state index contributed by atoms with van der Waals surface area (Å²) in [5.41, 5.74) is 4.52. The van der Waals surface area contributed by atoms with Gasteiger partial charge in [-0.05, 0) is 27.3 Å². The van der Waals surface area contributed by atoms with Gasteiger partial charge in [0, 0.05) is 6.61 Å². The fourth-order valence-electron chi connectivity index (χ4n) is 1.24. The summed E-state index contributed by atoms with van der Waals surface area (Å²) in [4.78, 5) is 11.3. The van der Waals surface area contributed by atoms with E-state index in [1.807, 2.05) is 20.8 Å². The fraction of sp³-hybridized carbons (Fsp3) is 0.909. The van der Waals surface area contributed by atoms with Crippen molar-refractivity contribution in [2.45, 2.75) is 39.3 Å². The van der Waals surface area contributed by atoms with Crippen LogP contribution in [-0.2, 0) is 14.3 Å². The van der Waals surface area contributed by atoms with E-state index in [1.165, 1.54) is 0 Å². The van der Waals surface area contributed by atoms with Crippen LogP contribution in [0.25, 0.3) is 0 Å². The number of nitrogens with one attached hydrogen (secondary N) is 1. The van der Waals surface area contributed by atoms with Crippen LogP contribution in [0.15, 0.2) is 0 Å². The molecule has 5 heteroatoms. The van der Waals surface area contributed by atoms with Crippen LogP contribution >= 0.6 is 0 Å². The summed E-state index contributed by atoms with van der Waals surface area (Å²) >= 11 is 0. The summed E-state index contributed by atoms with van der Waals surface area (Å²) in [7, 11) is 0. The molecule has 5 nitrogen and oxygen atoms in total. The lowest BCUT2D eigenvalue weighted by Gasteiger charge is -2.28. The van der Waals surface area contributed by atoms with Gasteiger partial charge in [0.15, 0.2) is 0 Å². The van der Waals surface area contributed by atoms with Crippen LogP contribution in [0, 0.1) is 0 Å². The van der Waals surface area contributed by atoms with Crippen molar-refractivity contribution < 1.29 is 14.3 Å². The van der Waals surface area contributed by atoms with E-state index in [-0.39, 0.29) is 12.7 Å². The Balaban J connectivity index is 4.06. The SMILES string of the molecule is CCNC(C)(COC(C)COCC)C(N)=O. The minimum atomic E-state index is -0.810. The first-order chi connectivity index (χ1) is 7.46. The summed E-state index contributed by atoms with van der Waals surface area (Å²) in [5.74, 6) is -0.405. The van der Waals surface area contributed by atoms with Crippen molar-refractivity contribution in [1.29, 1.82) is 0 Å². The minimum absolute atomic E-state index is 0.0442. The number of hydrogen-bond donors (Lipinski definition) is 2. The van der Waals surface area contributed by atoms with Gasteiger partial charge < -0.3 is 20.5 Å². The number of carbonyl (C=O) groups is 1.